The first-order valence-electron chi connectivity index (χ1n) is 7.55. The van der Waals surface area contributed by atoms with Crippen molar-refractivity contribution in [2.45, 2.75) is 6.92 Å². The van der Waals surface area contributed by atoms with Gasteiger partial charge >= 0.3 is 0 Å². The summed E-state index contributed by atoms with van der Waals surface area (Å²) in [6.07, 6.45) is 0. The highest BCUT2D eigenvalue weighted by atomic mass is 16.5. The smallest absolute Gasteiger partial charge is 0.258 e. The minimum Gasteiger partial charge on any atom is -0.493 e. The lowest BCUT2D eigenvalue weighted by Crippen LogP contribution is -2.05. The first kappa shape index (κ1) is 16.5. The topological polar surface area (TPSA) is 86.5 Å². The molecule has 3 rings (SSSR count). The number of hydrogen-bond donors (Lipinski definition) is 1. The van der Waals surface area contributed by atoms with E-state index >= 15 is 0 Å². The minimum absolute atomic E-state index is 0.124. The van der Waals surface area contributed by atoms with E-state index in [4.69, 9.17) is 14.0 Å². The quantitative estimate of drug-likeness (QED) is 0.767. The van der Waals surface area contributed by atoms with Gasteiger partial charge in [0, 0.05) is 23.7 Å². The lowest BCUT2D eigenvalue weighted by atomic mass is 10.2. The molecule has 0 fully saturated rings. The number of carbonyl (C=O) groups is 1. The number of aromatic nitrogens is 2. The maximum Gasteiger partial charge on any atom is 0.258 e. The summed E-state index contributed by atoms with van der Waals surface area (Å²) in [4.78, 5) is 15.5. The van der Waals surface area contributed by atoms with Crippen molar-refractivity contribution in [3.05, 3.63) is 42.5 Å². The van der Waals surface area contributed by atoms with Crippen molar-refractivity contribution < 1.29 is 18.8 Å². The Morgan fingerprint density at radius 1 is 1.00 bits per heavy atom. The predicted octanol–water partition coefficient (Wildman–Crippen LogP) is 3.38. The van der Waals surface area contributed by atoms with Crippen LogP contribution in [0.1, 0.15) is 6.92 Å². The normalized spacial score (nSPS) is 10.4. The predicted molar refractivity (Wildman–Crippen MR) is 92.6 cm³/mol. The molecule has 1 N–H and O–H groups in total. The van der Waals surface area contributed by atoms with Crippen LogP contribution in [0.4, 0.5) is 5.69 Å². The third kappa shape index (κ3) is 3.60. The molecule has 0 bridgehead atoms. The Bertz CT molecular complexity index is 888. The van der Waals surface area contributed by atoms with Gasteiger partial charge in [-0.15, -0.1) is 0 Å². The number of benzene rings is 2. The van der Waals surface area contributed by atoms with E-state index in [0.717, 1.165) is 11.1 Å². The Balaban J connectivity index is 1.86. The molecule has 7 nitrogen and oxygen atoms in total. The minimum atomic E-state index is -0.124. The lowest BCUT2D eigenvalue weighted by Gasteiger charge is -2.07. The number of nitrogens with zero attached hydrogens (tertiary/aromatic N) is 2. The molecular formula is C18H17N3O4. The molecular weight excluding hydrogens is 322 g/mol. The Hall–Kier alpha value is -3.35. The first-order chi connectivity index (χ1) is 12.1. The number of nitrogens with one attached hydrogen (secondary N) is 1. The van der Waals surface area contributed by atoms with Crippen LogP contribution in [-0.2, 0) is 4.79 Å². The Kier molecular flexibility index (Phi) is 4.65. The van der Waals surface area contributed by atoms with Gasteiger partial charge in [-0.2, -0.15) is 4.98 Å². The van der Waals surface area contributed by atoms with E-state index < -0.39 is 0 Å². The molecule has 0 unspecified atom stereocenters. The second-order valence-corrected chi connectivity index (χ2v) is 5.25. The maximum atomic E-state index is 11.1. The number of amides is 1. The van der Waals surface area contributed by atoms with Crippen molar-refractivity contribution >= 4 is 11.6 Å². The second-order valence-electron chi connectivity index (χ2n) is 5.25. The van der Waals surface area contributed by atoms with Crippen LogP contribution in [0.2, 0.25) is 0 Å². The molecule has 0 saturated carbocycles. The van der Waals surface area contributed by atoms with E-state index in [1.165, 1.54) is 6.92 Å². The number of carbonyl (C=O) groups excluding carboxylic acids is 1. The maximum absolute atomic E-state index is 11.1. The summed E-state index contributed by atoms with van der Waals surface area (Å²) in [5.41, 5.74) is 2.21. The zero-order chi connectivity index (χ0) is 17.8. The highest BCUT2D eigenvalue weighted by Crippen LogP contribution is 2.32. The van der Waals surface area contributed by atoms with Gasteiger partial charge in [-0.25, -0.2) is 0 Å². The van der Waals surface area contributed by atoms with Gasteiger partial charge in [-0.05, 0) is 42.5 Å². The van der Waals surface area contributed by atoms with Crippen LogP contribution in [0.15, 0.2) is 47.0 Å². The second kappa shape index (κ2) is 7.04. The monoisotopic (exact) mass is 339 g/mol. The average Bonchev–Trinajstić information content (AvgIpc) is 3.11. The van der Waals surface area contributed by atoms with Crippen LogP contribution in [0.5, 0.6) is 11.5 Å². The van der Waals surface area contributed by atoms with Gasteiger partial charge in [0.15, 0.2) is 11.5 Å². The van der Waals surface area contributed by atoms with Gasteiger partial charge < -0.3 is 19.3 Å². The van der Waals surface area contributed by atoms with Crippen molar-refractivity contribution in [2.75, 3.05) is 19.5 Å². The molecule has 0 aliphatic rings. The molecule has 25 heavy (non-hydrogen) atoms. The van der Waals surface area contributed by atoms with Crippen molar-refractivity contribution in [1.29, 1.82) is 0 Å². The van der Waals surface area contributed by atoms with Crippen LogP contribution in [0.3, 0.4) is 0 Å². The van der Waals surface area contributed by atoms with Crippen LogP contribution in [0.25, 0.3) is 22.8 Å². The van der Waals surface area contributed by atoms with Gasteiger partial charge in [0.25, 0.3) is 5.89 Å². The van der Waals surface area contributed by atoms with Gasteiger partial charge in [0.2, 0.25) is 11.7 Å². The molecule has 0 spiro atoms. The molecule has 0 saturated heterocycles. The molecule has 0 aliphatic heterocycles. The molecule has 2 aromatic carbocycles. The van der Waals surface area contributed by atoms with Crippen molar-refractivity contribution in [3.8, 4) is 34.3 Å². The fourth-order valence-corrected chi connectivity index (χ4v) is 2.33. The highest BCUT2D eigenvalue weighted by Gasteiger charge is 2.13. The summed E-state index contributed by atoms with van der Waals surface area (Å²) in [5.74, 6) is 1.93. The zero-order valence-electron chi connectivity index (χ0n) is 14.1. The fourth-order valence-electron chi connectivity index (χ4n) is 2.33. The summed E-state index contributed by atoms with van der Waals surface area (Å²) >= 11 is 0. The third-order valence-corrected chi connectivity index (χ3v) is 3.52. The fraction of sp³-hybridized carbons (Fsp3) is 0.167. The molecule has 7 heteroatoms. The summed E-state index contributed by atoms with van der Waals surface area (Å²) in [6.45, 7) is 1.46. The molecule has 0 radical (unpaired) electrons. The molecule has 0 aliphatic carbocycles. The number of ether oxygens (including phenoxy) is 2. The van der Waals surface area contributed by atoms with Gasteiger partial charge in [0.1, 0.15) is 0 Å². The number of rotatable bonds is 5. The largest absolute Gasteiger partial charge is 0.493 e. The van der Waals surface area contributed by atoms with E-state index in [-0.39, 0.29) is 5.91 Å². The van der Waals surface area contributed by atoms with E-state index in [9.17, 15) is 4.79 Å². The SMILES string of the molecule is COc1ccc(-c2noc(-c3ccc(NC(C)=O)cc3)n2)cc1OC. The van der Waals surface area contributed by atoms with Crippen LogP contribution in [0, 0.1) is 0 Å². The molecule has 3 aromatic rings. The van der Waals surface area contributed by atoms with Gasteiger partial charge in [-0.1, -0.05) is 5.16 Å². The summed E-state index contributed by atoms with van der Waals surface area (Å²) < 4.78 is 15.8. The number of methoxy groups -OCH3 is 2. The molecule has 0 atom stereocenters. The van der Waals surface area contributed by atoms with Crippen LogP contribution < -0.4 is 14.8 Å². The standard InChI is InChI=1S/C18H17N3O4/c1-11(22)19-14-7-4-12(5-8-14)18-20-17(21-25-18)13-6-9-15(23-2)16(10-13)24-3/h4-10H,1-3H3,(H,19,22). The van der Waals surface area contributed by atoms with Crippen molar-refractivity contribution in [2.24, 2.45) is 0 Å². The highest BCUT2D eigenvalue weighted by molar-refractivity contribution is 5.88. The van der Waals surface area contributed by atoms with Gasteiger partial charge in [-0.3, -0.25) is 4.79 Å². The lowest BCUT2D eigenvalue weighted by molar-refractivity contribution is -0.114. The Morgan fingerprint density at radius 2 is 1.68 bits per heavy atom. The average molecular weight is 339 g/mol. The van der Waals surface area contributed by atoms with Crippen molar-refractivity contribution in [3.63, 3.8) is 0 Å². The first-order valence-corrected chi connectivity index (χ1v) is 7.55. The number of anilines is 1. The molecule has 1 amide bonds. The van der Waals surface area contributed by atoms with E-state index in [2.05, 4.69) is 15.5 Å². The molecule has 1 aromatic heterocycles. The van der Waals surface area contributed by atoms with Crippen molar-refractivity contribution in [1.82, 2.24) is 10.1 Å². The van der Waals surface area contributed by atoms with E-state index in [1.807, 2.05) is 6.07 Å². The summed E-state index contributed by atoms with van der Waals surface area (Å²) in [6, 6.07) is 12.6. The van der Waals surface area contributed by atoms with E-state index in [0.29, 0.717) is 28.9 Å². The molecule has 128 valence electrons. The third-order valence-electron chi connectivity index (χ3n) is 3.52. The molecule has 1 heterocycles. The summed E-state index contributed by atoms with van der Waals surface area (Å²) in [5, 5.41) is 6.72. The Morgan fingerprint density at radius 3 is 2.32 bits per heavy atom. The summed E-state index contributed by atoms with van der Waals surface area (Å²) in [7, 11) is 3.15. The van der Waals surface area contributed by atoms with E-state index in [1.54, 1.807) is 50.6 Å². The van der Waals surface area contributed by atoms with Gasteiger partial charge in [0.05, 0.1) is 14.2 Å². The number of hydrogen-bond acceptors (Lipinski definition) is 6. The zero-order valence-corrected chi connectivity index (χ0v) is 14.1. The van der Waals surface area contributed by atoms with Crippen LogP contribution in [-0.4, -0.2) is 30.3 Å². The Labute approximate surface area is 144 Å². The van der Waals surface area contributed by atoms with Crippen LogP contribution >= 0.6 is 0 Å².